The molecule has 1 amide bonds. The first-order chi connectivity index (χ1) is 13.3. The largest absolute Gasteiger partial charge is 0.480 e. The van der Waals surface area contributed by atoms with Gasteiger partial charge in [0, 0.05) is 40.7 Å². The zero-order valence-electron chi connectivity index (χ0n) is 15.8. The second-order valence-electron chi connectivity index (χ2n) is 6.92. The van der Waals surface area contributed by atoms with E-state index in [0.29, 0.717) is 35.0 Å². The number of rotatable bonds is 7. The zero-order chi connectivity index (χ0) is 20.4. The molecule has 0 saturated heterocycles. The lowest BCUT2D eigenvalue weighted by Gasteiger charge is -2.30. The van der Waals surface area contributed by atoms with Crippen molar-refractivity contribution in [3.05, 3.63) is 55.7 Å². The van der Waals surface area contributed by atoms with E-state index in [1.165, 1.54) is 11.3 Å². The molecule has 0 aliphatic carbocycles. The summed E-state index contributed by atoms with van der Waals surface area (Å²) >= 11 is 7.26. The van der Waals surface area contributed by atoms with Gasteiger partial charge in [0.15, 0.2) is 0 Å². The lowest BCUT2D eigenvalue weighted by molar-refractivity contribution is -0.143. The van der Waals surface area contributed by atoms with Crippen LogP contribution in [0.25, 0.3) is 0 Å². The van der Waals surface area contributed by atoms with Crippen molar-refractivity contribution < 1.29 is 19.5 Å². The third-order valence-corrected chi connectivity index (χ3v) is 6.45. The number of nitrogens with two attached hydrogens (primary N) is 1. The van der Waals surface area contributed by atoms with E-state index >= 15 is 0 Å². The van der Waals surface area contributed by atoms with Gasteiger partial charge < -0.3 is 10.8 Å². The minimum Gasteiger partial charge on any atom is -0.480 e. The number of primary amides is 1. The summed E-state index contributed by atoms with van der Waals surface area (Å²) in [5.41, 5.74) is 7.76. The highest BCUT2D eigenvalue weighted by atomic mass is 35.5. The van der Waals surface area contributed by atoms with Crippen LogP contribution in [0.2, 0.25) is 5.02 Å². The van der Waals surface area contributed by atoms with Gasteiger partial charge in [-0.3, -0.25) is 19.3 Å². The molecule has 1 aliphatic rings. The molecule has 1 aromatic carbocycles. The molecule has 2 heterocycles. The Morgan fingerprint density at radius 2 is 1.90 bits per heavy atom. The average Bonchev–Trinajstić information content (AvgIpc) is 2.99. The molecule has 0 radical (unpaired) electrons. The maximum absolute atomic E-state index is 12.5. The molecule has 9 heteroatoms. The van der Waals surface area contributed by atoms with Crippen molar-refractivity contribution in [2.45, 2.75) is 38.8 Å². The van der Waals surface area contributed by atoms with Gasteiger partial charge in [0.05, 0.1) is 5.56 Å². The first-order valence-electron chi connectivity index (χ1n) is 8.92. The van der Waals surface area contributed by atoms with Crippen LogP contribution in [0.4, 0.5) is 0 Å². The Labute approximate surface area is 184 Å². The molecule has 0 fully saturated rings. The quantitative estimate of drug-likeness (QED) is 0.666. The van der Waals surface area contributed by atoms with E-state index in [2.05, 4.69) is 0 Å². The fourth-order valence-electron chi connectivity index (χ4n) is 3.45. The Bertz CT molecular complexity index is 927. The van der Waals surface area contributed by atoms with Gasteiger partial charge in [-0.05, 0) is 36.6 Å². The molecule has 1 atom stereocenters. The molecule has 0 saturated carbocycles. The number of hydrogen-bond donors (Lipinski definition) is 2. The van der Waals surface area contributed by atoms with Gasteiger partial charge >= 0.3 is 5.97 Å². The predicted octanol–water partition coefficient (Wildman–Crippen LogP) is 3.11. The van der Waals surface area contributed by atoms with Crippen LogP contribution < -0.4 is 5.73 Å². The Morgan fingerprint density at radius 1 is 1.24 bits per heavy atom. The van der Waals surface area contributed by atoms with Gasteiger partial charge in [-0.2, -0.15) is 0 Å². The van der Waals surface area contributed by atoms with Gasteiger partial charge in [-0.25, -0.2) is 0 Å². The van der Waals surface area contributed by atoms with Crippen LogP contribution in [0, 0.1) is 0 Å². The summed E-state index contributed by atoms with van der Waals surface area (Å²) in [6, 6.07) is 6.48. The number of carboxylic acid groups (broad SMARTS) is 1. The molecule has 0 spiro atoms. The van der Waals surface area contributed by atoms with E-state index in [1.54, 1.807) is 31.2 Å². The van der Waals surface area contributed by atoms with Gasteiger partial charge in [-0.15, -0.1) is 23.7 Å². The standard InChI is InChI=1S/C20H21ClN2O4S.ClH/c1-11(20(26)27)23-7-6-15-17(10-23)28-16(18(15)19(22)25)9-14(24)8-12-2-4-13(21)5-3-12;/h2-5,11H,6-10H2,1H3,(H2,22,25)(H,26,27);1H. The normalized spacial score (nSPS) is 14.6. The summed E-state index contributed by atoms with van der Waals surface area (Å²) in [4.78, 5) is 39.3. The number of fused-ring (bicyclic) bond motifs is 1. The number of carbonyl (C=O) groups excluding carboxylic acids is 2. The Morgan fingerprint density at radius 3 is 2.48 bits per heavy atom. The number of hydrogen-bond acceptors (Lipinski definition) is 5. The third kappa shape index (κ3) is 5.36. The minimum absolute atomic E-state index is 0. The number of nitrogens with zero attached hydrogens (tertiary/aromatic N) is 1. The molecule has 1 aliphatic heterocycles. The first-order valence-corrected chi connectivity index (χ1v) is 10.1. The molecular formula is C20H22Cl2N2O4S. The van der Waals surface area contributed by atoms with Crippen LogP contribution >= 0.6 is 35.3 Å². The van der Waals surface area contributed by atoms with Crippen molar-refractivity contribution in [3.8, 4) is 0 Å². The van der Waals surface area contributed by atoms with Crippen LogP contribution in [0.5, 0.6) is 0 Å². The fourth-order valence-corrected chi connectivity index (χ4v) is 4.99. The number of aliphatic carboxylic acids is 1. The van der Waals surface area contributed by atoms with Gasteiger partial charge in [-0.1, -0.05) is 23.7 Å². The highest BCUT2D eigenvalue weighted by molar-refractivity contribution is 7.12. The highest BCUT2D eigenvalue weighted by Gasteiger charge is 2.31. The number of thiophene rings is 1. The number of carbonyl (C=O) groups is 3. The molecule has 1 unspecified atom stereocenters. The summed E-state index contributed by atoms with van der Waals surface area (Å²) in [6.07, 6.45) is 0.931. The smallest absolute Gasteiger partial charge is 0.320 e. The Balaban J connectivity index is 0.00000300. The molecule has 156 valence electrons. The predicted molar refractivity (Wildman–Crippen MR) is 115 cm³/mol. The molecule has 3 N–H and O–H groups in total. The van der Waals surface area contributed by atoms with Crippen molar-refractivity contribution in [1.82, 2.24) is 4.90 Å². The summed E-state index contributed by atoms with van der Waals surface area (Å²) in [5.74, 6) is -1.43. The SMILES string of the molecule is CC(C(=O)O)N1CCc2c(sc(CC(=O)Cc3ccc(Cl)cc3)c2C(N)=O)C1.Cl. The lowest BCUT2D eigenvalue weighted by atomic mass is 9.98. The van der Waals surface area contributed by atoms with E-state index in [9.17, 15) is 19.5 Å². The van der Waals surface area contributed by atoms with E-state index in [4.69, 9.17) is 17.3 Å². The number of amides is 1. The second kappa shape index (κ2) is 9.71. The summed E-state index contributed by atoms with van der Waals surface area (Å²) in [5, 5.41) is 9.85. The van der Waals surface area contributed by atoms with Gasteiger partial charge in [0.25, 0.3) is 0 Å². The van der Waals surface area contributed by atoms with E-state index in [-0.39, 0.29) is 31.0 Å². The first kappa shape index (κ1) is 23.3. The molecule has 29 heavy (non-hydrogen) atoms. The van der Waals surface area contributed by atoms with Crippen LogP contribution in [-0.4, -0.2) is 40.3 Å². The van der Waals surface area contributed by atoms with Crippen LogP contribution in [0.3, 0.4) is 0 Å². The number of Topliss-reactive ketones (excluding diaryl/α,β-unsaturated/α-hetero) is 1. The maximum Gasteiger partial charge on any atom is 0.320 e. The summed E-state index contributed by atoms with van der Waals surface area (Å²) < 4.78 is 0. The van der Waals surface area contributed by atoms with Crippen molar-refractivity contribution >= 4 is 53.0 Å². The van der Waals surface area contributed by atoms with Crippen LogP contribution in [-0.2, 0) is 35.4 Å². The monoisotopic (exact) mass is 456 g/mol. The van der Waals surface area contributed by atoms with Crippen molar-refractivity contribution in [3.63, 3.8) is 0 Å². The highest BCUT2D eigenvalue weighted by Crippen LogP contribution is 2.34. The number of benzene rings is 1. The van der Waals surface area contributed by atoms with E-state index < -0.39 is 17.9 Å². The number of ketones is 1. The topological polar surface area (TPSA) is 101 Å². The van der Waals surface area contributed by atoms with Crippen LogP contribution in [0.15, 0.2) is 24.3 Å². The average molecular weight is 457 g/mol. The van der Waals surface area contributed by atoms with Crippen molar-refractivity contribution in [2.75, 3.05) is 6.54 Å². The van der Waals surface area contributed by atoms with Crippen molar-refractivity contribution in [1.29, 1.82) is 0 Å². The second-order valence-corrected chi connectivity index (χ2v) is 8.55. The number of carboxylic acids is 1. The molecule has 6 nitrogen and oxygen atoms in total. The molecule has 2 aromatic rings. The Hall–Kier alpha value is -1.93. The Kier molecular flexibility index (Phi) is 7.82. The lowest BCUT2D eigenvalue weighted by Crippen LogP contribution is -2.41. The molecule has 0 bridgehead atoms. The van der Waals surface area contributed by atoms with E-state index in [1.807, 2.05) is 4.90 Å². The van der Waals surface area contributed by atoms with E-state index in [0.717, 1.165) is 16.0 Å². The van der Waals surface area contributed by atoms with Gasteiger partial charge in [0.2, 0.25) is 5.91 Å². The minimum atomic E-state index is -0.881. The fraction of sp³-hybridized carbons (Fsp3) is 0.350. The zero-order valence-corrected chi connectivity index (χ0v) is 18.2. The third-order valence-electron chi connectivity index (χ3n) is 4.98. The van der Waals surface area contributed by atoms with Crippen LogP contribution in [0.1, 0.15) is 38.2 Å². The molecule has 1 aromatic heterocycles. The molecule has 3 rings (SSSR count). The number of halogens is 2. The summed E-state index contributed by atoms with van der Waals surface area (Å²) in [7, 11) is 0. The summed E-state index contributed by atoms with van der Waals surface area (Å²) in [6.45, 7) is 2.63. The maximum atomic E-state index is 12.5. The molecular weight excluding hydrogens is 435 g/mol. The van der Waals surface area contributed by atoms with Crippen molar-refractivity contribution in [2.24, 2.45) is 5.73 Å². The van der Waals surface area contributed by atoms with Gasteiger partial charge in [0.1, 0.15) is 11.8 Å².